The third-order valence-corrected chi connectivity index (χ3v) is 6.25. The molecule has 1 atom stereocenters. The number of rotatable bonds is 5. The largest absolute Gasteiger partial charge is 0.507 e. The molecule has 0 aromatic heterocycles. The number of ketones is 1. The number of nitrogens with zero attached hydrogens (tertiary/aromatic N) is 2. The maximum absolute atomic E-state index is 13.4. The van der Waals surface area contributed by atoms with Crippen molar-refractivity contribution in [3.05, 3.63) is 117 Å². The molecule has 1 heterocycles. The summed E-state index contributed by atoms with van der Waals surface area (Å²) in [5.74, 6) is -2.51. The predicted molar refractivity (Wildman–Crippen MR) is 132 cm³/mol. The molecule has 3 aromatic rings. The number of hydrogen-bond acceptors (Lipinski definition) is 5. The highest BCUT2D eigenvalue weighted by atomic mass is 19.1. The summed E-state index contributed by atoms with van der Waals surface area (Å²) in [6, 6.07) is 17.3. The molecule has 1 amide bonds. The first kappa shape index (κ1) is 24.8. The van der Waals surface area contributed by atoms with E-state index in [2.05, 4.69) is 20.8 Å². The zero-order valence-electron chi connectivity index (χ0n) is 20.1. The number of benzene rings is 3. The Bertz CT molecular complexity index is 1360. The molecule has 0 saturated carbocycles. The molecule has 3 aromatic carbocycles. The molecule has 0 spiro atoms. The summed E-state index contributed by atoms with van der Waals surface area (Å²) < 4.78 is 13.4. The first-order chi connectivity index (χ1) is 17.0. The smallest absolute Gasteiger partial charge is 0.295 e. The molecule has 1 fully saturated rings. The summed E-state index contributed by atoms with van der Waals surface area (Å²) in [6.45, 7) is 6.22. The van der Waals surface area contributed by atoms with Gasteiger partial charge in [-0.05, 0) is 46.4 Å². The molecule has 1 aliphatic rings. The molecule has 1 aliphatic heterocycles. The molecular formula is C28H25FN2O5. The third-order valence-electron chi connectivity index (χ3n) is 6.25. The number of halogens is 1. The Morgan fingerprint density at radius 1 is 0.972 bits per heavy atom. The van der Waals surface area contributed by atoms with E-state index in [-0.39, 0.29) is 28.8 Å². The van der Waals surface area contributed by atoms with Crippen molar-refractivity contribution in [1.82, 2.24) is 4.90 Å². The van der Waals surface area contributed by atoms with Gasteiger partial charge in [-0.3, -0.25) is 19.7 Å². The minimum atomic E-state index is -0.903. The number of likely N-dealkylation sites (tertiary alicyclic amines) is 1. The predicted octanol–water partition coefficient (Wildman–Crippen LogP) is 5.65. The van der Waals surface area contributed by atoms with E-state index in [4.69, 9.17) is 0 Å². The zero-order valence-corrected chi connectivity index (χ0v) is 20.1. The van der Waals surface area contributed by atoms with Gasteiger partial charge >= 0.3 is 0 Å². The second kappa shape index (κ2) is 9.37. The van der Waals surface area contributed by atoms with Crippen molar-refractivity contribution in [2.24, 2.45) is 0 Å². The van der Waals surface area contributed by atoms with Crippen LogP contribution < -0.4 is 0 Å². The van der Waals surface area contributed by atoms with Crippen LogP contribution in [-0.4, -0.2) is 26.6 Å². The average molecular weight is 489 g/mol. The van der Waals surface area contributed by atoms with Crippen LogP contribution in [0.2, 0.25) is 0 Å². The first-order valence-electron chi connectivity index (χ1n) is 11.4. The van der Waals surface area contributed by atoms with Crippen molar-refractivity contribution in [2.75, 3.05) is 0 Å². The SMILES string of the molecule is CC(C)(C)c1ccc(C2/C(=C(/O)c3ccc([N+](=O)[O-])cc3)C(=O)C(=O)N2Cc2ccc(F)cc2)cc1. The van der Waals surface area contributed by atoms with E-state index < -0.39 is 34.2 Å². The highest BCUT2D eigenvalue weighted by Crippen LogP contribution is 2.41. The van der Waals surface area contributed by atoms with Gasteiger partial charge in [0, 0.05) is 24.2 Å². The highest BCUT2D eigenvalue weighted by Gasteiger charge is 2.46. The first-order valence-corrected chi connectivity index (χ1v) is 11.4. The maximum Gasteiger partial charge on any atom is 0.295 e. The van der Waals surface area contributed by atoms with E-state index in [1.165, 1.54) is 53.4 Å². The molecule has 0 radical (unpaired) electrons. The van der Waals surface area contributed by atoms with E-state index in [0.717, 1.165) is 5.56 Å². The quantitative estimate of drug-likeness (QED) is 0.164. The van der Waals surface area contributed by atoms with Crippen molar-refractivity contribution >= 4 is 23.1 Å². The van der Waals surface area contributed by atoms with E-state index in [0.29, 0.717) is 11.1 Å². The van der Waals surface area contributed by atoms with Gasteiger partial charge in [-0.1, -0.05) is 57.2 Å². The van der Waals surface area contributed by atoms with Gasteiger partial charge in [0.05, 0.1) is 16.5 Å². The average Bonchev–Trinajstić information content (AvgIpc) is 3.09. The zero-order chi connectivity index (χ0) is 26.2. The second-order valence-electron chi connectivity index (χ2n) is 9.73. The monoisotopic (exact) mass is 488 g/mol. The number of nitro groups is 1. The summed E-state index contributed by atoms with van der Waals surface area (Å²) in [5.41, 5.74) is 2.07. The fourth-order valence-corrected chi connectivity index (χ4v) is 4.24. The molecule has 1 saturated heterocycles. The van der Waals surface area contributed by atoms with Gasteiger partial charge in [0.15, 0.2) is 0 Å². The minimum absolute atomic E-state index is 0.0214. The number of amides is 1. The van der Waals surface area contributed by atoms with Gasteiger partial charge < -0.3 is 10.0 Å². The van der Waals surface area contributed by atoms with Gasteiger partial charge in [-0.15, -0.1) is 0 Å². The number of aliphatic hydroxyl groups excluding tert-OH is 1. The van der Waals surface area contributed by atoms with E-state index in [1.54, 1.807) is 0 Å². The van der Waals surface area contributed by atoms with Crippen LogP contribution in [0.4, 0.5) is 10.1 Å². The summed E-state index contributed by atoms with van der Waals surface area (Å²) in [7, 11) is 0. The second-order valence-corrected chi connectivity index (χ2v) is 9.73. The van der Waals surface area contributed by atoms with Gasteiger partial charge in [-0.2, -0.15) is 0 Å². The van der Waals surface area contributed by atoms with Gasteiger partial charge in [0.1, 0.15) is 11.6 Å². The molecule has 7 nitrogen and oxygen atoms in total. The summed E-state index contributed by atoms with van der Waals surface area (Å²) in [6.07, 6.45) is 0. The molecule has 184 valence electrons. The highest BCUT2D eigenvalue weighted by molar-refractivity contribution is 6.46. The molecule has 8 heteroatoms. The lowest BCUT2D eigenvalue weighted by molar-refractivity contribution is -0.384. The Hall–Kier alpha value is -4.33. The number of carbonyl (C=O) groups is 2. The van der Waals surface area contributed by atoms with Crippen LogP contribution in [-0.2, 0) is 21.5 Å². The minimum Gasteiger partial charge on any atom is -0.507 e. The van der Waals surface area contributed by atoms with Crippen molar-refractivity contribution < 1.29 is 24.0 Å². The number of nitro benzene ring substituents is 1. The van der Waals surface area contributed by atoms with Gasteiger partial charge in [0.25, 0.3) is 17.4 Å². The van der Waals surface area contributed by atoms with Crippen LogP contribution in [0.1, 0.15) is 49.1 Å². The lowest BCUT2D eigenvalue weighted by Gasteiger charge is -2.26. The van der Waals surface area contributed by atoms with Crippen molar-refractivity contribution in [3.8, 4) is 0 Å². The standard InChI is InChI=1S/C28H25FN2O5/c1-28(2,3)20-10-6-18(7-11-20)24-23(25(32)19-8-14-22(15-9-19)31(35)36)26(33)27(34)30(24)16-17-4-12-21(29)13-5-17/h4-15,24,32H,16H2,1-3H3/b25-23-. The fraction of sp³-hybridized carbons (Fsp3) is 0.214. The normalized spacial score (nSPS) is 17.4. The number of hydrogen-bond donors (Lipinski definition) is 1. The van der Waals surface area contributed by atoms with E-state index in [1.807, 2.05) is 24.3 Å². The topological polar surface area (TPSA) is 101 Å². The van der Waals surface area contributed by atoms with Crippen LogP contribution in [0.15, 0.2) is 78.4 Å². The lowest BCUT2D eigenvalue weighted by atomic mass is 9.85. The Labute approximate surface area is 207 Å². The lowest BCUT2D eigenvalue weighted by Crippen LogP contribution is -2.29. The maximum atomic E-state index is 13.4. The van der Waals surface area contributed by atoms with E-state index >= 15 is 0 Å². The molecule has 1 N–H and O–H groups in total. The van der Waals surface area contributed by atoms with Crippen LogP contribution in [0.5, 0.6) is 0 Å². The van der Waals surface area contributed by atoms with Gasteiger partial charge in [-0.25, -0.2) is 4.39 Å². The Morgan fingerprint density at radius 3 is 2.08 bits per heavy atom. The molecule has 4 rings (SSSR count). The van der Waals surface area contributed by atoms with Gasteiger partial charge in [0.2, 0.25) is 0 Å². The number of Topliss-reactive ketones (excluding diaryl/α,β-unsaturated/α-hetero) is 1. The molecule has 36 heavy (non-hydrogen) atoms. The molecule has 0 aliphatic carbocycles. The van der Waals surface area contributed by atoms with Crippen LogP contribution >= 0.6 is 0 Å². The molecule has 1 unspecified atom stereocenters. The van der Waals surface area contributed by atoms with Crippen molar-refractivity contribution in [3.63, 3.8) is 0 Å². The third kappa shape index (κ3) is 4.75. The molecule has 0 bridgehead atoms. The molecular weight excluding hydrogens is 463 g/mol. The van der Waals surface area contributed by atoms with Crippen molar-refractivity contribution in [1.29, 1.82) is 0 Å². The summed E-state index contributed by atoms with van der Waals surface area (Å²) in [4.78, 5) is 38.1. The number of carbonyl (C=O) groups excluding carboxylic acids is 2. The van der Waals surface area contributed by atoms with Crippen LogP contribution in [0, 0.1) is 15.9 Å². The fourth-order valence-electron chi connectivity index (χ4n) is 4.24. The van der Waals surface area contributed by atoms with E-state index in [9.17, 15) is 29.2 Å². The Morgan fingerprint density at radius 2 is 1.56 bits per heavy atom. The van der Waals surface area contributed by atoms with Crippen LogP contribution in [0.3, 0.4) is 0 Å². The van der Waals surface area contributed by atoms with Crippen molar-refractivity contribution in [2.45, 2.75) is 38.8 Å². The number of non-ortho nitro benzene ring substituents is 1. The Kier molecular flexibility index (Phi) is 6.45. The Balaban J connectivity index is 1.84. The summed E-state index contributed by atoms with van der Waals surface area (Å²) >= 11 is 0. The number of aliphatic hydroxyl groups is 1. The summed E-state index contributed by atoms with van der Waals surface area (Å²) in [5, 5.41) is 22.1. The van der Waals surface area contributed by atoms with Crippen LogP contribution in [0.25, 0.3) is 5.76 Å².